The van der Waals surface area contributed by atoms with E-state index in [1.54, 1.807) is 5.01 Å². The van der Waals surface area contributed by atoms with Gasteiger partial charge in [-0.05, 0) is 26.7 Å². The number of hydrogen-bond donors (Lipinski definition) is 2. The normalized spacial score (nSPS) is 25.2. The van der Waals surface area contributed by atoms with Crippen LogP contribution < -0.4 is 11.0 Å². The summed E-state index contributed by atoms with van der Waals surface area (Å²) in [6.07, 6.45) is 1.52. The van der Waals surface area contributed by atoms with E-state index < -0.39 is 9.84 Å². The molecule has 2 aliphatic rings. The first-order chi connectivity index (χ1) is 6.52. The molecule has 0 bridgehead atoms. The summed E-state index contributed by atoms with van der Waals surface area (Å²) in [5, 5.41) is 2.13. The van der Waals surface area contributed by atoms with Gasteiger partial charge in [-0.25, -0.2) is 8.42 Å². The van der Waals surface area contributed by atoms with Crippen LogP contribution in [-0.4, -0.2) is 25.2 Å². The molecule has 0 saturated heterocycles. The molecule has 0 amide bonds. The predicted octanol–water partition coefficient (Wildman–Crippen LogP) is 0.0973. The molecular weight excluding hydrogens is 202 g/mol. The van der Waals surface area contributed by atoms with Crippen molar-refractivity contribution in [3.8, 4) is 0 Å². The number of hydrazine groups is 2. The number of hydrogen-bond acceptors (Lipinski definition) is 5. The van der Waals surface area contributed by atoms with Crippen molar-refractivity contribution in [1.29, 1.82) is 0 Å². The highest BCUT2D eigenvalue weighted by molar-refractivity contribution is 7.95. The molecule has 0 saturated carbocycles. The van der Waals surface area contributed by atoms with Crippen LogP contribution in [0.1, 0.15) is 26.7 Å². The van der Waals surface area contributed by atoms with Gasteiger partial charge in [0.1, 0.15) is 0 Å². The highest BCUT2D eigenvalue weighted by Gasteiger charge is 2.36. The van der Waals surface area contributed by atoms with Gasteiger partial charge in [0.25, 0.3) is 0 Å². The van der Waals surface area contributed by atoms with E-state index in [2.05, 4.69) is 11.0 Å². The molecule has 2 N–H and O–H groups in total. The maximum absolute atomic E-state index is 11.8. The van der Waals surface area contributed by atoms with Gasteiger partial charge in [-0.15, -0.1) is 5.53 Å². The van der Waals surface area contributed by atoms with Gasteiger partial charge in [0, 0.05) is 6.04 Å². The standard InChI is InChI=1S/C8H15N3O2S/c1-6(2)11-8-7(9-10-11)4-3-5-14(8,12)13/h6,9-10H,3-5H2,1-2H3. The maximum Gasteiger partial charge on any atom is 0.196 e. The van der Waals surface area contributed by atoms with Gasteiger partial charge in [0.05, 0.1) is 11.4 Å². The molecule has 0 radical (unpaired) electrons. The first-order valence-corrected chi connectivity index (χ1v) is 6.44. The van der Waals surface area contributed by atoms with Crippen LogP contribution in [0.2, 0.25) is 0 Å². The van der Waals surface area contributed by atoms with E-state index in [1.165, 1.54) is 0 Å². The van der Waals surface area contributed by atoms with E-state index in [0.29, 0.717) is 11.4 Å². The molecule has 5 nitrogen and oxygen atoms in total. The zero-order chi connectivity index (χ0) is 10.3. The Hall–Kier alpha value is -0.750. The maximum atomic E-state index is 11.8. The minimum atomic E-state index is -3.07. The summed E-state index contributed by atoms with van der Waals surface area (Å²) < 4.78 is 23.6. The fraction of sp³-hybridized carbons (Fsp3) is 0.750. The lowest BCUT2D eigenvalue weighted by molar-refractivity contribution is 0.213. The first kappa shape index (κ1) is 9.79. The fourth-order valence-electron chi connectivity index (χ4n) is 1.78. The molecule has 0 aromatic heterocycles. The first-order valence-electron chi connectivity index (χ1n) is 4.79. The number of allylic oxidation sites excluding steroid dienone is 1. The van der Waals surface area contributed by atoms with Crippen LogP contribution in [0.4, 0.5) is 0 Å². The largest absolute Gasteiger partial charge is 0.305 e. The van der Waals surface area contributed by atoms with E-state index in [1.807, 2.05) is 13.8 Å². The Balaban J connectivity index is 2.43. The van der Waals surface area contributed by atoms with Crippen LogP contribution in [0.15, 0.2) is 10.7 Å². The van der Waals surface area contributed by atoms with Gasteiger partial charge < -0.3 is 5.43 Å². The van der Waals surface area contributed by atoms with Gasteiger partial charge in [0.15, 0.2) is 14.9 Å². The van der Waals surface area contributed by atoms with Crippen LogP contribution >= 0.6 is 0 Å². The molecule has 2 aliphatic heterocycles. The van der Waals surface area contributed by atoms with Crippen molar-refractivity contribution in [2.45, 2.75) is 32.7 Å². The molecule has 2 rings (SSSR count). The smallest absolute Gasteiger partial charge is 0.196 e. The van der Waals surface area contributed by atoms with Gasteiger partial charge in [-0.1, -0.05) is 0 Å². The van der Waals surface area contributed by atoms with Gasteiger partial charge in [-0.3, -0.25) is 5.01 Å². The Morgan fingerprint density at radius 3 is 2.79 bits per heavy atom. The minimum absolute atomic E-state index is 0.128. The fourth-order valence-corrected chi connectivity index (χ4v) is 3.59. The number of nitrogens with one attached hydrogen (secondary N) is 2. The van der Waals surface area contributed by atoms with Gasteiger partial charge in [0.2, 0.25) is 0 Å². The van der Waals surface area contributed by atoms with Crippen molar-refractivity contribution in [3.63, 3.8) is 0 Å². The van der Waals surface area contributed by atoms with Crippen molar-refractivity contribution in [2.24, 2.45) is 0 Å². The summed E-state index contributed by atoms with van der Waals surface area (Å²) >= 11 is 0. The Bertz CT molecular complexity index is 372. The lowest BCUT2D eigenvalue weighted by Gasteiger charge is -2.25. The Kier molecular flexibility index (Phi) is 2.19. The van der Waals surface area contributed by atoms with Crippen LogP contribution in [0.3, 0.4) is 0 Å². The van der Waals surface area contributed by atoms with Crippen molar-refractivity contribution in [2.75, 3.05) is 5.75 Å². The van der Waals surface area contributed by atoms with E-state index in [-0.39, 0.29) is 11.8 Å². The predicted molar refractivity (Wildman–Crippen MR) is 53.3 cm³/mol. The zero-order valence-electron chi connectivity index (χ0n) is 8.37. The lowest BCUT2D eigenvalue weighted by Crippen LogP contribution is -2.43. The average Bonchev–Trinajstić information content (AvgIpc) is 2.48. The average molecular weight is 217 g/mol. The quantitative estimate of drug-likeness (QED) is 0.652. The number of nitrogens with zero attached hydrogens (tertiary/aromatic N) is 1. The van der Waals surface area contributed by atoms with Crippen molar-refractivity contribution < 1.29 is 8.42 Å². The van der Waals surface area contributed by atoms with Gasteiger partial charge in [-0.2, -0.15) is 0 Å². The minimum Gasteiger partial charge on any atom is -0.305 e. The summed E-state index contributed by atoms with van der Waals surface area (Å²) in [5.41, 5.74) is 6.62. The third-order valence-electron chi connectivity index (χ3n) is 2.46. The third-order valence-corrected chi connectivity index (χ3v) is 4.31. The highest BCUT2D eigenvalue weighted by atomic mass is 32.2. The molecule has 0 unspecified atom stereocenters. The van der Waals surface area contributed by atoms with E-state index in [9.17, 15) is 8.42 Å². The van der Waals surface area contributed by atoms with E-state index >= 15 is 0 Å². The van der Waals surface area contributed by atoms with Crippen LogP contribution in [0.25, 0.3) is 0 Å². The molecule has 0 fully saturated rings. The Morgan fingerprint density at radius 2 is 2.14 bits per heavy atom. The molecule has 6 heteroatoms. The van der Waals surface area contributed by atoms with Crippen LogP contribution in [-0.2, 0) is 9.84 Å². The molecule has 0 atom stereocenters. The summed E-state index contributed by atoms with van der Waals surface area (Å²) in [6, 6.07) is 0.128. The molecule has 0 aromatic rings. The number of rotatable bonds is 1. The summed E-state index contributed by atoms with van der Waals surface area (Å²) in [6.45, 7) is 3.91. The number of sulfone groups is 1. The second-order valence-corrected chi connectivity index (χ2v) is 5.93. The molecular formula is C8H15N3O2S. The molecule has 14 heavy (non-hydrogen) atoms. The molecule has 0 aromatic carbocycles. The van der Waals surface area contributed by atoms with Crippen LogP contribution in [0.5, 0.6) is 0 Å². The highest BCUT2D eigenvalue weighted by Crippen LogP contribution is 2.28. The second kappa shape index (κ2) is 3.13. The zero-order valence-corrected chi connectivity index (χ0v) is 9.19. The Labute approximate surface area is 84.0 Å². The van der Waals surface area contributed by atoms with E-state index in [4.69, 9.17) is 0 Å². The molecule has 0 spiro atoms. The van der Waals surface area contributed by atoms with E-state index in [0.717, 1.165) is 12.1 Å². The summed E-state index contributed by atoms with van der Waals surface area (Å²) in [7, 11) is -3.07. The second-order valence-electron chi connectivity index (χ2n) is 3.91. The monoisotopic (exact) mass is 217 g/mol. The summed E-state index contributed by atoms with van der Waals surface area (Å²) in [5.74, 6) is 0.262. The Morgan fingerprint density at radius 1 is 1.43 bits per heavy atom. The molecule has 0 aliphatic carbocycles. The third kappa shape index (κ3) is 1.38. The van der Waals surface area contributed by atoms with Gasteiger partial charge >= 0.3 is 0 Å². The molecule has 2 heterocycles. The topological polar surface area (TPSA) is 61.4 Å². The summed E-state index contributed by atoms with van der Waals surface area (Å²) in [4.78, 5) is 0. The van der Waals surface area contributed by atoms with Crippen molar-refractivity contribution >= 4 is 9.84 Å². The van der Waals surface area contributed by atoms with Crippen molar-refractivity contribution in [3.05, 3.63) is 10.7 Å². The van der Waals surface area contributed by atoms with Crippen molar-refractivity contribution in [1.82, 2.24) is 16.0 Å². The van der Waals surface area contributed by atoms with Crippen LogP contribution in [0, 0.1) is 0 Å². The SMILES string of the molecule is CC(C)N1NNC2=C1S(=O)(=O)CCC2. The molecule has 80 valence electrons. The lowest BCUT2D eigenvalue weighted by atomic mass is 10.2.